The van der Waals surface area contributed by atoms with Gasteiger partial charge < -0.3 is 25.3 Å². The van der Waals surface area contributed by atoms with Gasteiger partial charge in [0, 0.05) is 42.6 Å². The molecule has 0 spiro atoms. The molecular formula is C19H22N2O5. The summed E-state index contributed by atoms with van der Waals surface area (Å²) in [6, 6.07) is 8.50. The summed E-state index contributed by atoms with van der Waals surface area (Å²) in [7, 11) is 1.74. The Kier molecular flexibility index (Phi) is 6.57. The second kappa shape index (κ2) is 8.87. The number of aryl methyl sites for hydroxylation is 1. The van der Waals surface area contributed by atoms with Gasteiger partial charge in [-0.1, -0.05) is 12.1 Å². The third-order valence-electron chi connectivity index (χ3n) is 4.04. The Balaban J connectivity index is 0.000000260. The molecule has 1 aliphatic carbocycles. The fraction of sp³-hybridized carbons (Fsp3) is 0.263. The molecule has 26 heavy (non-hydrogen) atoms. The fourth-order valence-electron chi connectivity index (χ4n) is 3.01. The van der Waals surface area contributed by atoms with Crippen LogP contribution in [-0.2, 0) is 29.0 Å². The lowest BCUT2D eigenvalue weighted by molar-refractivity contribution is -0.134. The van der Waals surface area contributed by atoms with Crippen molar-refractivity contribution < 1.29 is 24.5 Å². The van der Waals surface area contributed by atoms with E-state index in [1.807, 2.05) is 6.07 Å². The standard InChI is InChI=1S/C15H18N2O.C4H4O4/c1-18-14-4-2-3-13-12(14)6-5-11-7-9-17(10-8-16)15(11)13;5-3(6)1-2-4(7)8/h2-4,7,9H,5-6,8,10,16H2,1H3;1-2H,(H,5,6)(H,7,8)/b;2-1+. The average Bonchev–Trinajstić information content (AvgIpc) is 3.04. The largest absolute Gasteiger partial charge is 0.496 e. The van der Waals surface area contributed by atoms with Crippen LogP contribution in [0.15, 0.2) is 42.6 Å². The molecule has 2 aromatic rings. The van der Waals surface area contributed by atoms with Crippen molar-refractivity contribution in [1.29, 1.82) is 0 Å². The zero-order chi connectivity index (χ0) is 19.1. The van der Waals surface area contributed by atoms with Crippen molar-refractivity contribution in [2.75, 3.05) is 13.7 Å². The SMILES string of the molecule is COc1cccc2c1CCc1ccn(CCN)c1-2.O=C(O)/C=C/C(=O)O. The highest BCUT2D eigenvalue weighted by Gasteiger charge is 2.21. The summed E-state index contributed by atoms with van der Waals surface area (Å²) in [5, 5.41) is 15.6. The zero-order valence-corrected chi connectivity index (χ0v) is 14.5. The van der Waals surface area contributed by atoms with E-state index in [0.717, 1.165) is 25.1 Å². The molecule has 0 fully saturated rings. The number of carboxylic acids is 2. The van der Waals surface area contributed by atoms with Gasteiger partial charge in [-0.25, -0.2) is 9.59 Å². The van der Waals surface area contributed by atoms with E-state index in [1.165, 1.54) is 22.4 Å². The summed E-state index contributed by atoms with van der Waals surface area (Å²) in [4.78, 5) is 19.1. The molecule has 0 atom stereocenters. The molecule has 0 saturated heterocycles. The van der Waals surface area contributed by atoms with Crippen LogP contribution in [-0.4, -0.2) is 40.4 Å². The number of methoxy groups -OCH3 is 1. The van der Waals surface area contributed by atoms with Gasteiger partial charge in [0.25, 0.3) is 0 Å². The Morgan fingerprint density at radius 1 is 1.19 bits per heavy atom. The average molecular weight is 358 g/mol. The van der Waals surface area contributed by atoms with Crippen molar-refractivity contribution in [3.63, 3.8) is 0 Å². The van der Waals surface area contributed by atoms with Crippen molar-refractivity contribution in [3.05, 3.63) is 53.7 Å². The molecule has 0 amide bonds. The van der Waals surface area contributed by atoms with E-state index in [-0.39, 0.29) is 0 Å². The second-order valence-electron chi connectivity index (χ2n) is 5.67. The lowest BCUT2D eigenvalue weighted by atomic mass is 9.89. The number of ether oxygens (including phenoxy) is 1. The Bertz CT molecular complexity index is 807. The fourth-order valence-corrected chi connectivity index (χ4v) is 3.01. The molecule has 0 bridgehead atoms. The maximum atomic E-state index is 9.55. The van der Waals surface area contributed by atoms with E-state index in [4.69, 9.17) is 20.7 Å². The lowest BCUT2D eigenvalue weighted by Crippen LogP contribution is -2.13. The van der Waals surface area contributed by atoms with Crippen molar-refractivity contribution in [2.45, 2.75) is 19.4 Å². The molecule has 1 heterocycles. The molecule has 0 aliphatic heterocycles. The minimum Gasteiger partial charge on any atom is -0.496 e. The molecule has 7 heteroatoms. The number of carboxylic acid groups (broad SMARTS) is 2. The summed E-state index contributed by atoms with van der Waals surface area (Å²) in [6.07, 6.45) is 5.40. The topological polar surface area (TPSA) is 115 Å². The number of aliphatic carboxylic acids is 2. The van der Waals surface area contributed by atoms with Crippen LogP contribution in [0.25, 0.3) is 11.3 Å². The number of fused-ring (bicyclic) bond motifs is 3. The normalized spacial score (nSPS) is 11.9. The summed E-state index contributed by atoms with van der Waals surface area (Å²) in [6.45, 7) is 1.53. The number of nitrogens with two attached hydrogens (primary N) is 1. The number of nitrogens with zero attached hydrogens (tertiary/aromatic N) is 1. The van der Waals surface area contributed by atoms with E-state index >= 15 is 0 Å². The molecule has 138 valence electrons. The quantitative estimate of drug-likeness (QED) is 0.704. The molecule has 7 nitrogen and oxygen atoms in total. The van der Waals surface area contributed by atoms with Gasteiger partial charge in [-0.3, -0.25) is 0 Å². The summed E-state index contributed by atoms with van der Waals surface area (Å²) in [5.74, 6) is -1.52. The maximum Gasteiger partial charge on any atom is 0.328 e. The molecule has 0 unspecified atom stereocenters. The number of hydrogen-bond acceptors (Lipinski definition) is 4. The highest BCUT2D eigenvalue weighted by Crippen LogP contribution is 2.38. The van der Waals surface area contributed by atoms with Crippen LogP contribution < -0.4 is 10.5 Å². The van der Waals surface area contributed by atoms with Crippen LogP contribution in [0.4, 0.5) is 0 Å². The number of hydrogen-bond donors (Lipinski definition) is 3. The van der Waals surface area contributed by atoms with Crippen molar-refractivity contribution in [2.24, 2.45) is 5.73 Å². The highest BCUT2D eigenvalue weighted by molar-refractivity contribution is 5.89. The highest BCUT2D eigenvalue weighted by atomic mass is 16.5. The maximum absolute atomic E-state index is 9.55. The molecular weight excluding hydrogens is 336 g/mol. The smallest absolute Gasteiger partial charge is 0.328 e. The first-order valence-corrected chi connectivity index (χ1v) is 8.16. The number of aromatic nitrogens is 1. The molecule has 4 N–H and O–H groups in total. The first kappa shape index (κ1) is 19.3. The van der Waals surface area contributed by atoms with Gasteiger partial charge in [0.2, 0.25) is 0 Å². The molecule has 0 saturated carbocycles. The van der Waals surface area contributed by atoms with Crippen LogP contribution in [0.5, 0.6) is 5.75 Å². The van der Waals surface area contributed by atoms with Crippen LogP contribution in [0.1, 0.15) is 11.1 Å². The van der Waals surface area contributed by atoms with Gasteiger partial charge in [0.05, 0.1) is 12.8 Å². The number of carbonyl (C=O) groups is 2. The molecule has 1 aromatic carbocycles. The van der Waals surface area contributed by atoms with Gasteiger partial charge >= 0.3 is 11.9 Å². The Morgan fingerprint density at radius 2 is 1.88 bits per heavy atom. The first-order valence-electron chi connectivity index (χ1n) is 8.16. The predicted molar refractivity (Wildman–Crippen MR) is 97.3 cm³/mol. The van der Waals surface area contributed by atoms with Gasteiger partial charge in [0.1, 0.15) is 5.75 Å². The van der Waals surface area contributed by atoms with Crippen molar-refractivity contribution in [3.8, 4) is 17.0 Å². The first-order chi connectivity index (χ1) is 12.5. The Hall–Kier alpha value is -3.06. The van der Waals surface area contributed by atoms with E-state index in [1.54, 1.807) is 7.11 Å². The summed E-state index contributed by atoms with van der Waals surface area (Å²) >= 11 is 0. The summed E-state index contributed by atoms with van der Waals surface area (Å²) < 4.78 is 7.73. The minimum atomic E-state index is -1.26. The van der Waals surface area contributed by atoms with E-state index in [2.05, 4.69) is 29.0 Å². The Labute approximate surface area is 151 Å². The van der Waals surface area contributed by atoms with Gasteiger partial charge in [-0.05, 0) is 30.5 Å². The van der Waals surface area contributed by atoms with Crippen LogP contribution >= 0.6 is 0 Å². The van der Waals surface area contributed by atoms with Crippen molar-refractivity contribution in [1.82, 2.24) is 4.57 Å². The third kappa shape index (κ3) is 4.52. The monoisotopic (exact) mass is 358 g/mol. The Morgan fingerprint density at radius 3 is 2.46 bits per heavy atom. The number of rotatable bonds is 5. The second-order valence-corrected chi connectivity index (χ2v) is 5.67. The van der Waals surface area contributed by atoms with Crippen LogP contribution in [0.3, 0.4) is 0 Å². The predicted octanol–water partition coefficient (Wildman–Crippen LogP) is 1.93. The number of benzene rings is 1. The van der Waals surface area contributed by atoms with E-state index < -0.39 is 11.9 Å². The molecule has 1 aromatic heterocycles. The zero-order valence-electron chi connectivity index (χ0n) is 14.5. The van der Waals surface area contributed by atoms with Gasteiger partial charge in [-0.2, -0.15) is 0 Å². The summed E-state index contributed by atoms with van der Waals surface area (Å²) in [5.41, 5.74) is 11.0. The molecule has 0 radical (unpaired) electrons. The molecule has 1 aliphatic rings. The van der Waals surface area contributed by atoms with E-state index in [9.17, 15) is 9.59 Å². The van der Waals surface area contributed by atoms with Gasteiger partial charge in [-0.15, -0.1) is 0 Å². The lowest BCUT2D eigenvalue weighted by Gasteiger charge is -2.21. The van der Waals surface area contributed by atoms with E-state index in [0.29, 0.717) is 18.7 Å². The van der Waals surface area contributed by atoms with Crippen LogP contribution in [0.2, 0.25) is 0 Å². The van der Waals surface area contributed by atoms with Crippen molar-refractivity contribution >= 4 is 11.9 Å². The minimum absolute atomic E-state index is 0.558. The molecule has 3 rings (SSSR count). The van der Waals surface area contributed by atoms with Gasteiger partial charge in [0.15, 0.2) is 0 Å². The third-order valence-corrected chi connectivity index (χ3v) is 4.04. The van der Waals surface area contributed by atoms with Crippen LogP contribution in [0, 0.1) is 0 Å².